The summed E-state index contributed by atoms with van der Waals surface area (Å²) in [6.45, 7) is 4.31. The summed E-state index contributed by atoms with van der Waals surface area (Å²) in [4.78, 5) is 24.8. The average molecular weight is 452 g/mol. The van der Waals surface area contributed by atoms with Gasteiger partial charge in [-0.3, -0.25) is 4.79 Å². The van der Waals surface area contributed by atoms with Crippen LogP contribution in [-0.4, -0.2) is 47.7 Å². The van der Waals surface area contributed by atoms with Crippen LogP contribution in [0.1, 0.15) is 21.5 Å². The summed E-state index contributed by atoms with van der Waals surface area (Å²) in [5.41, 5.74) is -1.81. The number of nitrogens with zero attached hydrogens (tertiary/aromatic N) is 1. The average Bonchev–Trinajstić information content (AvgIpc) is 2.75. The molecule has 2 N–H and O–H groups in total. The van der Waals surface area contributed by atoms with E-state index in [2.05, 4.69) is 11.9 Å². The summed E-state index contributed by atoms with van der Waals surface area (Å²) in [5.74, 6) is -7.96. The quantitative estimate of drug-likeness (QED) is 0.650. The Kier molecular flexibility index (Phi) is 6.54. The summed E-state index contributed by atoms with van der Waals surface area (Å²) in [6, 6.07) is 4.82. The maximum Gasteiger partial charge on any atom is 0.328 e. The van der Waals surface area contributed by atoms with E-state index in [1.165, 1.54) is 19.1 Å². The monoisotopic (exact) mass is 452 g/mol. The number of alkyl halides is 2. The predicted octanol–water partition coefficient (Wildman–Crippen LogP) is 3.92. The van der Waals surface area contributed by atoms with E-state index in [1.54, 1.807) is 0 Å². The lowest BCUT2D eigenvalue weighted by Crippen LogP contribution is -2.51. The zero-order valence-corrected chi connectivity index (χ0v) is 17.0. The third-order valence-electron chi connectivity index (χ3n) is 5.11. The smallest absolute Gasteiger partial charge is 0.328 e. The summed E-state index contributed by atoms with van der Waals surface area (Å²) >= 11 is 0. The third-order valence-corrected chi connectivity index (χ3v) is 5.11. The van der Waals surface area contributed by atoms with Gasteiger partial charge in [0.05, 0.1) is 24.5 Å². The SMILES string of the molecule is C=C(N1CCOC[C@H]1C(=O)O)C(F)(F)c1cc(C(=O)Nc2ccc(F)c(C)c2)ccc1F. The van der Waals surface area contributed by atoms with Crippen LogP contribution >= 0.6 is 0 Å². The van der Waals surface area contributed by atoms with Gasteiger partial charge in [-0.2, -0.15) is 8.78 Å². The number of benzene rings is 2. The molecular weight excluding hydrogens is 432 g/mol. The Balaban J connectivity index is 1.89. The number of carboxylic acid groups (broad SMARTS) is 1. The molecule has 2 aromatic carbocycles. The van der Waals surface area contributed by atoms with Crippen molar-refractivity contribution in [1.82, 2.24) is 4.90 Å². The number of halogens is 4. The lowest BCUT2D eigenvalue weighted by Gasteiger charge is -2.38. The molecule has 10 heteroatoms. The molecule has 0 bridgehead atoms. The number of aryl methyl sites for hydroxylation is 1. The molecule has 1 saturated heterocycles. The fraction of sp³-hybridized carbons (Fsp3) is 0.273. The number of hydrogen-bond acceptors (Lipinski definition) is 4. The van der Waals surface area contributed by atoms with Crippen LogP contribution in [0.5, 0.6) is 0 Å². The Morgan fingerprint density at radius 2 is 1.88 bits per heavy atom. The van der Waals surface area contributed by atoms with Crippen LogP contribution < -0.4 is 5.32 Å². The number of amides is 1. The molecule has 6 nitrogen and oxygen atoms in total. The van der Waals surface area contributed by atoms with Gasteiger partial charge in [0.1, 0.15) is 11.6 Å². The topological polar surface area (TPSA) is 78.9 Å². The zero-order chi connectivity index (χ0) is 23.6. The number of nitrogens with one attached hydrogen (secondary N) is 1. The van der Waals surface area contributed by atoms with E-state index in [-0.39, 0.29) is 36.6 Å². The highest BCUT2D eigenvalue weighted by Gasteiger charge is 2.45. The Morgan fingerprint density at radius 3 is 2.53 bits per heavy atom. The van der Waals surface area contributed by atoms with Gasteiger partial charge in [-0.25, -0.2) is 13.6 Å². The first-order valence-electron chi connectivity index (χ1n) is 9.54. The molecule has 0 saturated carbocycles. The van der Waals surface area contributed by atoms with E-state index >= 15 is 8.78 Å². The van der Waals surface area contributed by atoms with Crippen molar-refractivity contribution in [3.05, 3.63) is 77.0 Å². The summed E-state index contributed by atoms with van der Waals surface area (Å²) in [5, 5.41) is 11.7. The third kappa shape index (κ3) is 4.59. The van der Waals surface area contributed by atoms with Gasteiger partial charge in [-0.05, 0) is 48.9 Å². The highest BCUT2D eigenvalue weighted by atomic mass is 19.3. The number of ether oxygens (including phenoxy) is 1. The molecule has 2 aromatic rings. The molecule has 32 heavy (non-hydrogen) atoms. The molecule has 1 amide bonds. The van der Waals surface area contributed by atoms with Gasteiger partial charge in [-0.1, -0.05) is 6.58 Å². The van der Waals surface area contributed by atoms with Gasteiger partial charge in [0.2, 0.25) is 0 Å². The van der Waals surface area contributed by atoms with Gasteiger partial charge >= 0.3 is 11.9 Å². The number of aliphatic carboxylic acids is 1. The minimum Gasteiger partial charge on any atom is -0.480 e. The van der Waals surface area contributed by atoms with Crippen LogP contribution in [0.2, 0.25) is 0 Å². The van der Waals surface area contributed by atoms with Crippen molar-refractivity contribution >= 4 is 17.6 Å². The van der Waals surface area contributed by atoms with Crippen LogP contribution in [0.25, 0.3) is 0 Å². The lowest BCUT2D eigenvalue weighted by molar-refractivity contribution is -0.149. The minimum atomic E-state index is -4.00. The molecule has 3 rings (SSSR count). The van der Waals surface area contributed by atoms with Crippen LogP contribution in [0.15, 0.2) is 48.7 Å². The van der Waals surface area contributed by atoms with E-state index in [0.29, 0.717) is 6.07 Å². The number of allylic oxidation sites excluding steroid dienone is 1. The summed E-state index contributed by atoms with van der Waals surface area (Å²) < 4.78 is 63.2. The number of carbonyl (C=O) groups is 2. The first-order valence-corrected chi connectivity index (χ1v) is 9.54. The van der Waals surface area contributed by atoms with Crippen LogP contribution in [0, 0.1) is 18.6 Å². The minimum absolute atomic E-state index is 0.000887. The number of carboxylic acids is 1. The molecule has 170 valence electrons. The van der Waals surface area contributed by atoms with Crippen molar-refractivity contribution in [2.75, 3.05) is 25.1 Å². The fourth-order valence-electron chi connectivity index (χ4n) is 3.30. The Morgan fingerprint density at radius 1 is 1.19 bits per heavy atom. The van der Waals surface area contributed by atoms with E-state index in [9.17, 15) is 23.5 Å². The second-order valence-corrected chi connectivity index (χ2v) is 7.26. The van der Waals surface area contributed by atoms with Gasteiger partial charge in [0.15, 0.2) is 6.04 Å². The Labute approximate surface area is 181 Å². The largest absolute Gasteiger partial charge is 0.480 e. The second-order valence-electron chi connectivity index (χ2n) is 7.26. The van der Waals surface area contributed by atoms with Gasteiger partial charge in [-0.15, -0.1) is 0 Å². The normalized spacial score (nSPS) is 16.5. The Hall–Kier alpha value is -3.40. The maximum atomic E-state index is 15.2. The number of carbonyl (C=O) groups excluding carboxylic acids is 1. The van der Waals surface area contributed by atoms with Crippen LogP contribution in [0.3, 0.4) is 0 Å². The molecule has 1 aliphatic rings. The van der Waals surface area contributed by atoms with Crippen molar-refractivity contribution in [1.29, 1.82) is 0 Å². The zero-order valence-electron chi connectivity index (χ0n) is 17.0. The molecule has 1 atom stereocenters. The van der Waals surface area contributed by atoms with Crippen molar-refractivity contribution in [2.45, 2.75) is 18.9 Å². The number of anilines is 1. The van der Waals surface area contributed by atoms with E-state index in [0.717, 1.165) is 23.1 Å². The van der Waals surface area contributed by atoms with E-state index in [1.807, 2.05) is 0 Å². The van der Waals surface area contributed by atoms with Gasteiger partial charge in [0.25, 0.3) is 5.91 Å². The van der Waals surface area contributed by atoms with Crippen molar-refractivity contribution in [3.63, 3.8) is 0 Å². The number of rotatable bonds is 6. The van der Waals surface area contributed by atoms with E-state index in [4.69, 9.17) is 4.74 Å². The number of hydrogen-bond donors (Lipinski definition) is 2. The summed E-state index contributed by atoms with van der Waals surface area (Å²) in [6.07, 6.45) is 0. The molecule has 1 heterocycles. The molecule has 0 radical (unpaired) electrons. The van der Waals surface area contributed by atoms with Crippen molar-refractivity contribution in [3.8, 4) is 0 Å². The molecule has 0 spiro atoms. The van der Waals surface area contributed by atoms with Gasteiger partial charge in [0, 0.05) is 17.8 Å². The number of morpholine rings is 1. The predicted molar refractivity (Wildman–Crippen MR) is 107 cm³/mol. The summed E-state index contributed by atoms with van der Waals surface area (Å²) in [7, 11) is 0. The Bertz CT molecular complexity index is 1070. The highest BCUT2D eigenvalue weighted by Crippen LogP contribution is 2.39. The molecule has 1 fully saturated rings. The van der Waals surface area contributed by atoms with Crippen LogP contribution in [-0.2, 0) is 15.5 Å². The molecule has 0 unspecified atom stereocenters. The van der Waals surface area contributed by atoms with Gasteiger partial charge < -0.3 is 20.1 Å². The maximum absolute atomic E-state index is 15.2. The standard InChI is InChI=1S/C22H20F4N2O4/c1-12-9-15(4-6-17(12)23)27-20(29)14-3-5-18(24)16(10-14)22(25,26)13(2)28-7-8-32-11-19(28)21(30)31/h3-6,9-10,19H,2,7-8,11H2,1H3,(H,27,29)(H,30,31)/t19-/m0/s1. The molecule has 0 aromatic heterocycles. The van der Waals surface area contributed by atoms with E-state index < -0.39 is 46.7 Å². The van der Waals surface area contributed by atoms with Crippen LogP contribution in [0.4, 0.5) is 23.2 Å². The molecular formula is C22H20F4N2O4. The first-order chi connectivity index (χ1) is 15.0. The lowest BCUT2D eigenvalue weighted by atomic mass is 10.00. The fourth-order valence-corrected chi connectivity index (χ4v) is 3.30. The first kappa shape index (κ1) is 23.3. The van der Waals surface area contributed by atoms with Crippen molar-refractivity contribution < 1.29 is 37.0 Å². The second kappa shape index (κ2) is 8.99. The highest BCUT2D eigenvalue weighted by molar-refractivity contribution is 6.04. The molecule has 1 aliphatic heterocycles. The van der Waals surface area contributed by atoms with Crippen molar-refractivity contribution in [2.24, 2.45) is 0 Å². The molecule has 0 aliphatic carbocycles.